The highest BCUT2D eigenvalue weighted by molar-refractivity contribution is 6.33. The van der Waals surface area contributed by atoms with Gasteiger partial charge in [0.25, 0.3) is 5.91 Å². The van der Waals surface area contributed by atoms with Gasteiger partial charge in [0, 0.05) is 12.4 Å². The van der Waals surface area contributed by atoms with Crippen LogP contribution in [0.3, 0.4) is 0 Å². The normalized spacial score (nSPS) is 11.5. The van der Waals surface area contributed by atoms with Crippen molar-refractivity contribution in [2.45, 2.75) is 25.9 Å². The van der Waals surface area contributed by atoms with Crippen molar-refractivity contribution in [1.29, 1.82) is 0 Å². The van der Waals surface area contributed by atoms with E-state index in [-0.39, 0.29) is 5.91 Å². The highest BCUT2D eigenvalue weighted by atomic mass is 35.5. The van der Waals surface area contributed by atoms with Crippen molar-refractivity contribution in [1.82, 2.24) is 19.6 Å². The van der Waals surface area contributed by atoms with Gasteiger partial charge in [0.15, 0.2) is 5.82 Å². The Hall–Kier alpha value is -2.31. The summed E-state index contributed by atoms with van der Waals surface area (Å²) in [4.78, 5) is 12.6. The lowest BCUT2D eigenvalue weighted by Gasteiger charge is -2.23. The Morgan fingerprint density at radius 1 is 1.20 bits per heavy atom. The van der Waals surface area contributed by atoms with Crippen molar-refractivity contribution in [2.24, 2.45) is 0 Å². The molecule has 0 bridgehead atoms. The Labute approximate surface area is 155 Å². The van der Waals surface area contributed by atoms with E-state index in [0.29, 0.717) is 22.4 Å². The SMILES string of the molecule is CC(C)(C(=O)Nc1nn(Cc2ccccc2)cc1Cl)n1cc(Cl)cn1. The number of hydrogen-bond acceptors (Lipinski definition) is 3. The number of nitrogens with one attached hydrogen (secondary N) is 1. The maximum absolute atomic E-state index is 12.6. The first-order chi connectivity index (χ1) is 11.9. The molecule has 0 spiro atoms. The predicted molar refractivity (Wildman–Crippen MR) is 98.0 cm³/mol. The molecular weight excluding hydrogens is 361 g/mol. The lowest BCUT2D eigenvalue weighted by Crippen LogP contribution is -2.40. The third kappa shape index (κ3) is 3.86. The average Bonchev–Trinajstić information content (AvgIpc) is 3.15. The summed E-state index contributed by atoms with van der Waals surface area (Å²) in [7, 11) is 0. The molecule has 0 unspecified atom stereocenters. The zero-order valence-corrected chi connectivity index (χ0v) is 15.3. The molecule has 3 aromatic rings. The Kier molecular flexibility index (Phi) is 4.83. The molecule has 6 nitrogen and oxygen atoms in total. The topological polar surface area (TPSA) is 64.7 Å². The van der Waals surface area contributed by atoms with Crippen LogP contribution in [0.2, 0.25) is 10.0 Å². The van der Waals surface area contributed by atoms with Crippen molar-refractivity contribution in [3.63, 3.8) is 0 Å². The summed E-state index contributed by atoms with van der Waals surface area (Å²) in [5, 5.41) is 12.0. The molecule has 130 valence electrons. The molecule has 0 fully saturated rings. The molecule has 25 heavy (non-hydrogen) atoms. The fourth-order valence-corrected chi connectivity index (χ4v) is 2.64. The van der Waals surface area contributed by atoms with E-state index in [9.17, 15) is 4.79 Å². The molecule has 0 atom stereocenters. The number of carbonyl (C=O) groups excluding carboxylic acids is 1. The van der Waals surface area contributed by atoms with Crippen LogP contribution in [0, 0.1) is 0 Å². The van der Waals surface area contributed by atoms with E-state index >= 15 is 0 Å². The van der Waals surface area contributed by atoms with Gasteiger partial charge in [-0.25, -0.2) is 0 Å². The van der Waals surface area contributed by atoms with Gasteiger partial charge in [-0.15, -0.1) is 0 Å². The van der Waals surface area contributed by atoms with Crippen LogP contribution in [0.15, 0.2) is 48.9 Å². The number of hydrogen-bond donors (Lipinski definition) is 1. The fourth-order valence-electron chi connectivity index (χ4n) is 2.30. The van der Waals surface area contributed by atoms with Crippen LogP contribution >= 0.6 is 23.2 Å². The molecule has 1 aromatic carbocycles. The molecule has 3 rings (SSSR count). The lowest BCUT2D eigenvalue weighted by atomic mass is 10.1. The van der Waals surface area contributed by atoms with E-state index in [4.69, 9.17) is 23.2 Å². The van der Waals surface area contributed by atoms with Crippen molar-refractivity contribution in [2.75, 3.05) is 5.32 Å². The van der Waals surface area contributed by atoms with Gasteiger partial charge >= 0.3 is 0 Å². The minimum atomic E-state index is -0.945. The molecule has 0 aliphatic carbocycles. The van der Waals surface area contributed by atoms with Crippen molar-refractivity contribution < 1.29 is 4.79 Å². The molecule has 0 aliphatic heterocycles. The van der Waals surface area contributed by atoms with Crippen molar-refractivity contribution >= 4 is 34.9 Å². The van der Waals surface area contributed by atoms with Gasteiger partial charge in [-0.1, -0.05) is 53.5 Å². The largest absolute Gasteiger partial charge is 0.306 e. The zero-order valence-electron chi connectivity index (χ0n) is 13.8. The number of rotatable bonds is 5. The highest BCUT2D eigenvalue weighted by Crippen LogP contribution is 2.24. The monoisotopic (exact) mass is 377 g/mol. The number of halogens is 2. The summed E-state index contributed by atoms with van der Waals surface area (Å²) >= 11 is 12.1. The number of carbonyl (C=O) groups is 1. The van der Waals surface area contributed by atoms with Gasteiger partial charge < -0.3 is 5.32 Å². The molecule has 1 N–H and O–H groups in total. The molecule has 8 heteroatoms. The van der Waals surface area contributed by atoms with Crippen LogP contribution in [0.1, 0.15) is 19.4 Å². The minimum Gasteiger partial charge on any atom is -0.306 e. The van der Waals surface area contributed by atoms with Crippen LogP contribution in [-0.4, -0.2) is 25.5 Å². The first-order valence-corrected chi connectivity index (χ1v) is 8.41. The maximum Gasteiger partial charge on any atom is 0.253 e. The average molecular weight is 378 g/mol. The van der Waals surface area contributed by atoms with E-state index in [1.54, 1.807) is 30.9 Å². The summed E-state index contributed by atoms with van der Waals surface area (Å²) in [5.74, 6) is 0.0213. The molecule has 2 aromatic heterocycles. The summed E-state index contributed by atoms with van der Waals surface area (Å²) < 4.78 is 3.19. The maximum atomic E-state index is 12.6. The molecule has 0 aliphatic rings. The van der Waals surface area contributed by atoms with Gasteiger partial charge in [0.1, 0.15) is 10.6 Å². The summed E-state index contributed by atoms with van der Waals surface area (Å²) in [6.07, 6.45) is 4.76. The third-order valence-corrected chi connectivity index (χ3v) is 4.29. The predicted octanol–water partition coefficient (Wildman–Crippen LogP) is 3.81. The molecule has 0 saturated carbocycles. The number of amides is 1. The van der Waals surface area contributed by atoms with E-state index in [1.165, 1.54) is 10.9 Å². The van der Waals surface area contributed by atoms with Crippen LogP contribution in [0.25, 0.3) is 0 Å². The molecule has 2 heterocycles. The van der Waals surface area contributed by atoms with Gasteiger partial charge in [-0.2, -0.15) is 10.2 Å². The number of benzene rings is 1. The Bertz CT molecular complexity index is 886. The first kappa shape index (κ1) is 17.5. The second kappa shape index (κ2) is 6.90. The third-order valence-electron chi connectivity index (χ3n) is 3.82. The Morgan fingerprint density at radius 2 is 1.92 bits per heavy atom. The first-order valence-electron chi connectivity index (χ1n) is 7.65. The quantitative estimate of drug-likeness (QED) is 0.734. The standard InChI is InChI=1S/C17H17Cl2N5O/c1-17(2,24-10-13(18)8-20-24)16(25)21-15-14(19)11-23(22-15)9-12-6-4-3-5-7-12/h3-8,10-11H,9H2,1-2H3,(H,21,22,25). The molecule has 0 saturated heterocycles. The van der Waals surface area contributed by atoms with E-state index in [0.717, 1.165) is 5.56 Å². The van der Waals surface area contributed by atoms with Gasteiger partial charge in [0.05, 0.1) is 17.8 Å². The second-order valence-electron chi connectivity index (χ2n) is 6.13. The van der Waals surface area contributed by atoms with Gasteiger partial charge in [0.2, 0.25) is 0 Å². The highest BCUT2D eigenvalue weighted by Gasteiger charge is 2.31. The lowest BCUT2D eigenvalue weighted by molar-refractivity contribution is -0.123. The summed E-state index contributed by atoms with van der Waals surface area (Å²) in [6.45, 7) is 4.04. The molecule has 0 radical (unpaired) electrons. The van der Waals surface area contributed by atoms with Crippen LogP contribution < -0.4 is 5.32 Å². The van der Waals surface area contributed by atoms with E-state index < -0.39 is 5.54 Å². The van der Waals surface area contributed by atoms with E-state index in [2.05, 4.69) is 15.5 Å². The minimum absolute atomic E-state index is 0.292. The number of anilines is 1. The second-order valence-corrected chi connectivity index (χ2v) is 6.97. The molecule has 1 amide bonds. The Balaban J connectivity index is 1.75. The smallest absolute Gasteiger partial charge is 0.253 e. The fraction of sp³-hybridized carbons (Fsp3) is 0.235. The number of nitrogens with zero attached hydrogens (tertiary/aromatic N) is 4. The van der Waals surface area contributed by atoms with Crippen LogP contribution in [-0.2, 0) is 16.9 Å². The van der Waals surface area contributed by atoms with Gasteiger partial charge in [-0.05, 0) is 19.4 Å². The van der Waals surface area contributed by atoms with Crippen LogP contribution in [0.4, 0.5) is 5.82 Å². The number of aromatic nitrogens is 4. The van der Waals surface area contributed by atoms with Crippen LogP contribution in [0.5, 0.6) is 0 Å². The molecular formula is C17H17Cl2N5O. The van der Waals surface area contributed by atoms with Gasteiger partial charge in [-0.3, -0.25) is 14.2 Å². The summed E-state index contributed by atoms with van der Waals surface area (Å²) in [6, 6.07) is 9.87. The zero-order chi connectivity index (χ0) is 18.0. The van der Waals surface area contributed by atoms with E-state index in [1.807, 2.05) is 30.3 Å². The Morgan fingerprint density at radius 3 is 2.56 bits per heavy atom. The summed E-state index contributed by atoms with van der Waals surface area (Å²) in [5.41, 5.74) is 0.144. The van der Waals surface area contributed by atoms with Crippen molar-refractivity contribution in [3.05, 3.63) is 64.5 Å². The van der Waals surface area contributed by atoms with Crippen molar-refractivity contribution in [3.8, 4) is 0 Å².